The van der Waals surface area contributed by atoms with Gasteiger partial charge in [-0.2, -0.15) is 0 Å². The number of nitrogens with one attached hydrogen (secondary N) is 2. The van der Waals surface area contributed by atoms with Crippen LogP contribution in [0.25, 0.3) is 0 Å². The minimum atomic E-state index is -0.121. The molecule has 1 atom stereocenters. The third-order valence-corrected chi connectivity index (χ3v) is 5.65. The topological polar surface area (TPSA) is 61.4 Å². The molecule has 1 aliphatic heterocycles. The highest BCUT2D eigenvalue weighted by atomic mass is 16.2. The molecule has 0 bridgehead atoms. The molecule has 3 aromatic carbocycles. The summed E-state index contributed by atoms with van der Waals surface area (Å²) in [7, 11) is 0. The van der Waals surface area contributed by atoms with E-state index < -0.39 is 0 Å². The van der Waals surface area contributed by atoms with Crippen molar-refractivity contribution in [3.8, 4) is 0 Å². The van der Waals surface area contributed by atoms with Gasteiger partial charge in [-0.3, -0.25) is 9.59 Å². The van der Waals surface area contributed by atoms with E-state index >= 15 is 0 Å². The van der Waals surface area contributed by atoms with Crippen LogP contribution in [-0.4, -0.2) is 24.9 Å². The van der Waals surface area contributed by atoms with E-state index in [0.717, 1.165) is 36.3 Å². The van der Waals surface area contributed by atoms with Crippen LogP contribution in [0.2, 0.25) is 0 Å². The summed E-state index contributed by atoms with van der Waals surface area (Å²) in [6.07, 6.45) is 1.99. The molecule has 31 heavy (non-hydrogen) atoms. The number of rotatable bonds is 6. The molecule has 0 aromatic heterocycles. The van der Waals surface area contributed by atoms with E-state index in [1.165, 1.54) is 5.56 Å². The van der Waals surface area contributed by atoms with Crippen LogP contribution in [0.1, 0.15) is 40.9 Å². The first-order valence-electron chi connectivity index (χ1n) is 10.7. The van der Waals surface area contributed by atoms with Crippen molar-refractivity contribution in [3.63, 3.8) is 0 Å². The minimum absolute atomic E-state index is 0.0469. The normalized spacial score (nSPS) is 13.8. The van der Waals surface area contributed by atoms with Crippen LogP contribution in [0.5, 0.6) is 0 Å². The zero-order valence-electron chi connectivity index (χ0n) is 17.7. The highest BCUT2D eigenvalue weighted by Crippen LogP contribution is 2.26. The van der Waals surface area contributed by atoms with Gasteiger partial charge >= 0.3 is 0 Å². The molecule has 4 rings (SSSR count). The number of anilines is 2. The van der Waals surface area contributed by atoms with Gasteiger partial charge in [0, 0.05) is 23.5 Å². The number of carbonyl (C=O) groups is 2. The first kappa shape index (κ1) is 20.7. The zero-order valence-corrected chi connectivity index (χ0v) is 17.7. The second-order valence-electron chi connectivity index (χ2n) is 7.81. The fraction of sp³-hybridized carbons (Fsp3) is 0.231. The van der Waals surface area contributed by atoms with Crippen LogP contribution in [0.15, 0.2) is 78.9 Å². The van der Waals surface area contributed by atoms with Crippen molar-refractivity contribution >= 4 is 23.2 Å². The maximum Gasteiger partial charge on any atom is 0.251 e. The van der Waals surface area contributed by atoms with E-state index in [1.807, 2.05) is 72.5 Å². The number of para-hydroxylation sites is 1. The summed E-state index contributed by atoms with van der Waals surface area (Å²) in [5.74, 6) is -0.0745. The summed E-state index contributed by atoms with van der Waals surface area (Å²) < 4.78 is 0. The first-order valence-corrected chi connectivity index (χ1v) is 10.7. The highest BCUT2D eigenvalue weighted by Gasteiger charge is 2.21. The van der Waals surface area contributed by atoms with E-state index in [1.54, 1.807) is 12.1 Å². The molecule has 158 valence electrons. The second kappa shape index (κ2) is 9.47. The number of aryl methyl sites for hydroxylation is 1. The predicted octanol–water partition coefficient (Wildman–Crippen LogP) is 4.57. The molecule has 0 radical (unpaired) electrons. The van der Waals surface area contributed by atoms with Crippen molar-refractivity contribution < 1.29 is 9.59 Å². The molecular weight excluding hydrogens is 386 g/mol. The Balaban J connectivity index is 1.33. The third kappa shape index (κ3) is 4.94. The van der Waals surface area contributed by atoms with Gasteiger partial charge in [0.05, 0.1) is 12.6 Å². The molecule has 1 unspecified atom stereocenters. The summed E-state index contributed by atoms with van der Waals surface area (Å²) in [5.41, 5.74) is 4.70. The van der Waals surface area contributed by atoms with Gasteiger partial charge in [0.2, 0.25) is 5.91 Å². The number of amides is 2. The molecular formula is C26H27N3O2. The van der Waals surface area contributed by atoms with Crippen LogP contribution in [0.3, 0.4) is 0 Å². The second-order valence-corrected chi connectivity index (χ2v) is 7.81. The van der Waals surface area contributed by atoms with Crippen LogP contribution < -0.4 is 15.5 Å². The lowest BCUT2D eigenvalue weighted by Crippen LogP contribution is -2.39. The molecule has 1 heterocycles. The summed E-state index contributed by atoms with van der Waals surface area (Å²) in [6.45, 7) is 2.93. The Kier molecular flexibility index (Phi) is 6.32. The Morgan fingerprint density at radius 1 is 0.935 bits per heavy atom. The Morgan fingerprint density at radius 3 is 2.42 bits per heavy atom. The Hall–Kier alpha value is -3.60. The number of hydrogen-bond donors (Lipinski definition) is 2. The average Bonchev–Trinajstić information content (AvgIpc) is 2.83. The van der Waals surface area contributed by atoms with Crippen LogP contribution >= 0.6 is 0 Å². The quantitative estimate of drug-likeness (QED) is 0.622. The minimum Gasteiger partial charge on any atom is -0.376 e. The lowest BCUT2D eigenvalue weighted by molar-refractivity contribution is -0.117. The zero-order chi connectivity index (χ0) is 21.6. The van der Waals surface area contributed by atoms with E-state index in [2.05, 4.69) is 16.7 Å². The first-order chi connectivity index (χ1) is 15.1. The molecule has 2 amide bonds. The average molecular weight is 414 g/mol. The maximum atomic E-state index is 12.8. The largest absolute Gasteiger partial charge is 0.376 e. The van der Waals surface area contributed by atoms with Gasteiger partial charge in [-0.1, -0.05) is 48.5 Å². The molecule has 0 aliphatic carbocycles. The van der Waals surface area contributed by atoms with Gasteiger partial charge in [-0.25, -0.2) is 0 Å². The Labute approximate surface area is 183 Å². The van der Waals surface area contributed by atoms with Gasteiger partial charge in [0.1, 0.15) is 0 Å². The van der Waals surface area contributed by atoms with Gasteiger partial charge in [-0.05, 0) is 61.2 Å². The van der Waals surface area contributed by atoms with Crippen molar-refractivity contribution in [2.24, 2.45) is 0 Å². The van der Waals surface area contributed by atoms with E-state index in [9.17, 15) is 9.59 Å². The van der Waals surface area contributed by atoms with Crippen molar-refractivity contribution in [2.75, 3.05) is 23.3 Å². The number of hydrogen-bond acceptors (Lipinski definition) is 3. The number of fused-ring (bicyclic) bond motifs is 1. The maximum absolute atomic E-state index is 12.8. The summed E-state index contributed by atoms with van der Waals surface area (Å²) >= 11 is 0. The monoisotopic (exact) mass is 413 g/mol. The molecule has 0 spiro atoms. The molecule has 0 fully saturated rings. The Bertz CT molecular complexity index is 1050. The predicted molar refractivity (Wildman–Crippen MR) is 124 cm³/mol. The van der Waals surface area contributed by atoms with Crippen molar-refractivity contribution in [3.05, 3.63) is 95.6 Å². The number of carbonyl (C=O) groups excluding carboxylic acids is 2. The lowest BCUT2D eigenvalue weighted by atomic mass is 10.0. The van der Waals surface area contributed by atoms with Crippen molar-refractivity contribution in [1.29, 1.82) is 0 Å². The molecule has 5 heteroatoms. The molecule has 2 N–H and O–H groups in total. The summed E-state index contributed by atoms with van der Waals surface area (Å²) in [5, 5.41) is 6.20. The van der Waals surface area contributed by atoms with Crippen molar-refractivity contribution in [2.45, 2.75) is 25.8 Å². The molecule has 0 saturated carbocycles. The molecule has 3 aromatic rings. The SMILES string of the molecule is CC(NC(=O)c1ccc(NCC(=O)N2CCCc3ccccc32)cc1)c1ccccc1. The van der Waals surface area contributed by atoms with Gasteiger partial charge in [-0.15, -0.1) is 0 Å². The summed E-state index contributed by atoms with van der Waals surface area (Å²) in [4.78, 5) is 27.2. The number of benzene rings is 3. The molecule has 1 aliphatic rings. The standard InChI is InChI=1S/C26H27N3O2/c1-19(20-8-3-2-4-9-20)28-26(31)22-13-15-23(16-14-22)27-18-25(30)29-17-7-11-21-10-5-6-12-24(21)29/h2-6,8-10,12-16,19,27H,7,11,17-18H2,1H3,(H,28,31). The smallest absolute Gasteiger partial charge is 0.251 e. The van der Waals surface area contributed by atoms with E-state index in [4.69, 9.17) is 0 Å². The fourth-order valence-electron chi connectivity index (χ4n) is 3.91. The third-order valence-electron chi connectivity index (χ3n) is 5.65. The Morgan fingerprint density at radius 2 is 1.65 bits per heavy atom. The highest BCUT2D eigenvalue weighted by molar-refractivity contribution is 5.97. The fourth-order valence-corrected chi connectivity index (χ4v) is 3.91. The van der Waals surface area contributed by atoms with E-state index in [0.29, 0.717) is 5.56 Å². The van der Waals surface area contributed by atoms with E-state index in [-0.39, 0.29) is 24.4 Å². The van der Waals surface area contributed by atoms with Crippen LogP contribution in [-0.2, 0) is 11.2 Å². The molecule has 5 nitrogen and oxygen atoms in total. The van der Waals surface area contributed by atoms with Crippen LogP contribution in [0, 0.1) is 0 Å². The van der Waals surface area contributed by atoms with Crippen LogP contribution in [0.4, 0.5) is 11.4 Å². The van der Waals surface area contributed by atoms with Crippen molar-refractivity contribution in [1.82, 2.24) is 5.32 Å². The van der Waals surface area contributed by atoms with Gasteiger partial charge in [0.25, 0.3) is 5.91 Å². The summed E-state index contributed by atoms with van der Waals surface area (Å²) in [6, 6.07) is 25.1. The number of nitrogens with zero attached hydrogens (tertiary/aromatic N) is 1. The van der Waals surface area contributed by atoms with Gasteiger partial charge in [0.15, 0.2) is 0 Å². The molecule has 0 saturated heterocycles. The van der Waals surface area contributed by atoms with Gasteiger partial charge < -0.3 is 15.5 Å². The lowest BCUT2D eigenvalue weighted by Gasteiger charge is -2.29.